The van der Waals surface area contributed by atoms with Crippen LogP contribution in [0.3, 0.4) is 0 Å². The van der Waals surface area contributed by atoms with Gasteiger partial charge in [0.05, 0.1) is 24.6 Å². The molecule has 0 saturated heterocycles. The van der Waals surface area contributed by atoms with Gasteiger partial charge in [-0.05, 0) is 37.6 Å². The average Bonchev–Trinajstić information content (AvgIpc) is 2.64. The fraction of sp³-hybridized carbons (Fsp3) is 0.158. The maximum Gasteiger partial charge on any atom is 0.339 e. The summed E-state index contributed by atoms with van der Waals surface area (Å²) in [6, 6.07) is 13.1. The molecule has 0 saturated carbocycles. The molecular formula is C19H19N5O2. The van der Waals surface area contributed by atoms with Gasteiger partial charge < -0.3 is 15.4 Å². The number of nitrogens with zero attached hydrogens (tertiary/aromatic N) is 3. The number of carbonyl (C=O) groups excluding carboxylic acids is 1. The third kappa shape index (κ3) is 3.94. The number of nitrogens with one attached hydrogen (secondary N) is 2. The number of carbonyl (C=O) groups is 1. The maximum atomic E-state index is 11.9. The predicted octanol–water partition coefficient (Wildman–Crippen LogP) is 3.76. The smallest absolute Gasteiger partial charge is 0.339 e. The van der Waals surface area contributed by atoms with E-state index in [-0.39, 0.29) is 5.95 Å². The van der Waals surface area contributed by atoms with Gasteiger partial charge in [-0.2, -0.15) is 10.1 Å². The van der Waals surface area contributed by atoms with E-state index in [1.54, 1.807) is 24.3 Å². The van der Waals surface area contributed by atoms with Crippen LogP contribution in [-0.2, 0) is 4.74 Å². The van der Waals surface area contributed by atoms with Crippen LogP contribution < -0.4 is 10.6 Å². The highest BCUT2D eigenvalue weighted by molar-refractivity contribution is 5.96. The summed E-state index contributed by atoms with van der Waals surface area (Å²) in [4.78, 5) is 16.3. The van der Waals surface area contributed by atoms with Crippen LogP contribution in [0, 0.1) is 13.8 Å². The molecule has 0 fully saturated rings. The van der Waals surface area contributed by atoms with Crippen LogP contribution in [-0.4, -0.2) is 28.3 Å². The number of ether oxygens (including phenoxy) is 1. The fourth-order valence-corrected chi connectivity index (χ4v) is 2.51. The Morgan fingerprint density at radius 1 is 1.04 bits per heavy atom. The second-order valence-electron chi connectivity index (χ2n) is 5.77. The van der Waals surface area contributed by atoms with Gasteiger partial charge in [-0.3, -0.25) is 0 Å². The normalized spacial score (nSPS) is 10.3. The number of aryl methyl sites for hydroxylation is 2. The SMILES string of the molecule is COC(=O)c1ccccc1Nc1nncc(Nc2ccc(C)cc2C)n1. The second kappa shape index (κ2) is 7.60. The van der Waals surface area contributed by atoms with Crippen LogP contribution in [0.15, 0.2) is 48.7 Å². The molecule has 0 atom stereocenters. The number of hydrogen-bond donors (Lipinski definition) is 2. The van der Waals surface area contributed by atoms with E-state index in [4.69, 9.17) is 4.74 Å². The Bertz CT molecular complexity index is 943. The minimum atomic E-state index is -0.439. The van der Waals surface area contributed by atoms with E-state index < -0.39 is 5.97 Å². The first-order valence-corrected chi connectivity index (χ1v) is 8.05. The first-order valence-electron chi connectivity index (χ1n) is 8.05. The number of esters is 1. The zero-order valence-corrected chi connectivity index (χ0v) is 14.8. The quantitative estimate of drug-likeness (QED) is 0.678. The van der Waals surface area contributed by atoms with E-state index in [9.17, 15) is 4.79 Å². The van der Waals surface area contributed by atoms with Gasteiger partial charge in [-0.1, -0.05) is 29.8 Å². The molecule has 132 valence electrons. The molecule has 0 aliphatic rings. The van der Waals surface area contributed by atoms with E-state index >= 15 is 0 Å². The van der Waals surface area contributed by atoms with Crippen molar-refractivity contribution in [3.63, 3.8) is 0 Å². The lowest BCUT2D eigenvalue weighted by atomic mass is 10.1. The number of para-hydroxylation sites is 1. The van der Waals surface area contributed by atoms with Crippen LogP contribution in [0.5, 0.6) is 0 Å². The molecule has 3 aromatic rings. The third-order valence-electron chi connectivity index (χ3n) is 3.78. The minimum absolute atomic E-state index is 0.274. The van der Waals surface area contributed by atoms with Crippen molar-refractivity contribution in [3.8, 4) is 0 Å². The maximum absolute atomic E-state index is 11.9. The van der Waals surface area contributed by atoms with Crippen LogP contribution >= 0.6 is 0 Å². The molecule has 1 heterocycles. The van der Waals surface area contributed by atoms with Crippen molar-refractivity contribution in [2.45, 2.75) is 13.8 Å². The van der Waals surface area contributed by atoms with E-state index in [1.165, 1.54) is 18.9 Å². The Labute approximate surface area is 151 Å². The van der Waals surface area contributed by atoms with Crippen molar-refractivity contribution in [2.24, 2.45) is 0 Å². The molecule has 0 aliphatic heterocycles. The standard InChI is InChI=1S/C19H19N5O2/c1-12-8-9-15(13(2)10-12)21-17-11-20-24-19(23-17)22-16-7-5-4-6-14(16)18(25)26-3/h4-11H,1-3H3,(H2,21,22,23,24). The van der Waals surface area contributed by atoms with Crippen LogP contribution in [0.25, 0.3) is 0 Å². The van der Waals surface area contributed by atoms with E-state index in [1.807, 2.05) is 26.0 Å². The summed E-state index contributed by atoms with van der Waals surface area (Å²) in [5.41, 5.74) is 4.18. The highest BCUT2D eigenvalue weighted by Crippen LogP contribution is 2.22. The van der Waals surface area contributed by atoms with Crippen molar-refractivity contribution in [2.75, 3.05) is 17.7 Å². The van der Waals surface area contributed by atoms with Crippen LogP contribution in [0.2, 0.25) is 0 Å². The lowest BCUT2D eigenvalue weighted by Crippen LogP contribution is -2.08. The molecule has 1 aromatic heterocycles. The number of rotatable bonds is 5. The highest BCUT2D eigenvalue weighted by Gasteiger charge is 2.12. The van der Waals surface area contributed by atoms with Gasteiger partial charge in [0.15, 0.2) is 5.82 Å². The Hall–Kier alpha value is -3.48. The zero-order valence-electron chi connectivity index (χ0n) is 14.8. The summed E-state index contributed by atoms with van der Waals surface area (Å²) in [7, 11) is 1.34. The highest BCUT2D eigenvalue weighted by atomic mass is 16.5. The molecule has 7 heteroatoms. The second-order valence-corrected chi connectivity index (χ2v) is 5.77. The minimum Gasteiger partial charge on any atom is -0.465 e. The number of methoxy groups -OCH3 is 1. The van der Waals surface area contributed by atoms with Gasteiger partial charge in [0.2, 0.25) is 5.95 Å². The summed E-state index contributed by atoms with van der Waals surface area (Å²) in [5, 5.41) is 14.2. The topological polar surface area (TPSA) is 89.0 Å². The van der Waals surface area contributed by atoms with Crippen molar-refractivity contribution >= 4 is 29.1 Å². The molecule has 0 bridgehead atoms. The number of hydrogen-bond acceptors (Lipinski definition) is 7. The lowest BCUT2D eigenvalue weighted by molar-refractivity contribution is 0.0602. The monoisotopic (exact) mass is 349 g/mol. The van der Waals surface area contributed by atoms with Gasteiger partial charge >= 0.3 is 5.97 Å². The molecule has 0 spiro atoms. The summed E-state index contributed by atoms with van der Waals surface area (Å²) < 4.78 is 4.79. The Balaban J connectivity index is 1.83. The molecule has 0 amide bonds. The van der Waals surface area contributed by atoms with Crippen LogP contribution in [0.1, 0.15) is 21.5 Å². The third-order valence-corrected chi connectivity index (χ3v) is 3.78. The lowest BCUT2D eigenvalue weighted by Gasteiger charge is -2.11. The predicted molar refractivity (Wildman–Crippen MR) is 100 cm³/mol. The van der Waals surface area contributed by atoms with E-state index in [0.29, 0.717) is 17.1 Å². The average molecular weight is 349 g/mol. The Kier molecular flexibility index (Phi) is 5.07. The molecule has 2 N–H and O–H groups in total. The van der Waals surface area contributed by atoms with Crippen molar-refractivity contribution < 1.29 is 9.53 Å². The van der Waals surface area contributed by atoms with Crippen molar-refractivity contribution in [1.29, 1.82) is 0 Å². The van der Waals surface area contributed by atoms with Crippen molar-refractivity contribution in [3.05, 3.63) is 65.4 Å². The number of aromatic nitrogens is 3. The van der Waals surface area contributed by atoms with Gasteiger partial charge in [-0.15, -0.1) is 5.10 Å². The summed E-state index contributed by atoms with van der Waals surface area (Å²) in [5.74, 6) is 0.381. The van der Waals surface area contributed by atoms with E-state index in [0.717, 1.165) is 11.3 Å². The van der Waals surface area contributed by atoms with Gasteiger partial charge in [0.1, 0.15) is 0 Å². The summed E-state index contributed by atoms with van der Waals surface area (Å²) >= 11 is 0. The summed E-state index contributed by atoms with van der Waals surface area (Å²) in [6.07, 6.45) is 1.54. The molecule has 7 nitrogen and oxygen atoms in total. The van der Waals surface area contributed by atoms with Gasteiger partial charge in [0.25, 0.3) is 0 Å². The molecule has 3 rings (SSSR count). The Morgan fingerprint density at radius 3 is 2.62 bits per heavy atom. The molecule has 0 aliphatic carbocycles. The van der Waals surface area contributed by atoms with Crippen LogP contribution in [0.4, 0.5) is 23.1 Å². The molecule has 26 heavy (non-hydrogen) atoms. The Morgan fingerprint density at radius 2 is 1.85 bits per heavy atom. The molecular weight excluding hydrogens is 330 g/mol. The van der Waals surface area contributed by atoms with Gasteiger partial charge in [0, 0.05) is 5.69 Å². The first kappa shape index (κ1) is 17.3. The fourth-order valence-electron chi connectivity index (χ4n) is 2.51. The van der Waals surface area contributed by atoms with Gasteiger partial charge in [-0.25, -0.2) is 4.79 Å². The van der Waals surface area contributed by atoms with E-state index in [2.05, 4.69) is 31.9 Å². The van der Waals surface area contributed by atoms with Crippen molar-refractivity contribution in [1.82, 2.24) is 15.2 Å². The number of anilines is 4. The largest absolute Gasteiger partial charge is 0.465 e. The molecule has 0 unspecified atom stereocenters. The number of benzene rings is 2. The molecule has 2 aromatic carbocycles. The first-order chi connectivity index (χ1) is 12.6. The summed E-state index contributed by atoms with van der Waals surface area (Å²) in [6.45, 7) is 4.07. The zero-order chi connectivity index (χ0) is 18.5. The molecule has 0 radical (unpaired) electrons.